The molecule has 1 unspecified atom stereocenters. The van der Waals surface area contributed by atoms with E-state index in [1.807, 2.05) is 25.2 Å². The third-order valence-corrected chi connectivity index (χ3v) is 3.62. The highest BCUT2D eigenvalue weighted by Crippen LogP contribution is 2.08. The van der Waals surface area contributed by atoms with Gasteiger partial charge in [0.1, 0.15) is 5.76 Å². The number of hydrogen-bond acceptors (Lipinski definition) is 1. The lowest BCUT2D eigenvalue weighted by Crippen LogP contribution is -1.99. The summed E-state index contributed by atoms with van der Waals surface area (Å²) < 4.78 is 5.85. The van der Waals surface area contributed by atoms with Crippen molar-refractivity contribution in [2.24, 2.45) is 5.92 Å². The van der Waals surface area contributed by atoms with Crippen LogP contribution in [0.25, 0.3) is 0 Å². The maximum Gasteiger partial charge on any atom is 0.118 e. The Bertz CT molecular complexity index is 512. The first-order valence-corrected chi connectivity index (χ1v) is 10.0. The molecule has 0 saturated heterocycles. The minimum absolute atomic E-state index is 0.501. The summed E-state index contributed by atoms with van der Waals surface area (Å²) in [6.07, 6.45) is 33.0. The molecule has 0 aromatic carbocycles. The molecule has 1 atom stereocenters. The number of allylic oxidation sites excluding steroid dienone is 13. The van der Waals surface area contributed by atoms with E-state index in [2.05, 4.69) is 81.5 Å². The van der Waals surface area contributed by atoms with Gasteiger partial charge in [0.25, 0.3) is 0 Å². The van der Waals surface area contributed by atoms with Gasteiger partial charge in [-0.05, 0) is 57.1 Å². The van der Waals surface area contributed by atoms with E-state index in [0.717, 1.165) is 44.5 Å². The van der Waals surface area contributed by atoms with E-state index >= 15 is 0 Å². The Morgan fingerprint density at radius 3 is 2.31 bits per heavy atom. The second-order valence-electron chi connectivity index (χ2n) is 6.17. The lowest BCUT2D eigenvalue weighted by atomic mass is 10.1. The minimum Gasteiger partial charge on any atom is -0.494 e. The number of rotatable bonds is 14. The number of hydrogen-bond donors (Lipinski definition) is 0. The van der Waals surface area contributed by atoms with Crippen molar-refractivity contribution in [3.63, 3.8) is 0 Å². The molecule has 0 N–H and O–H groups in total. The summed E-state index contributed by atoms with van der Waals surface area (Å²) in [5.41, 5.74) is 0. The fraction of sp³-hybridized carbons (Fsp3) is 0.440. The number of unbranched alkanes of at least 4 members (excludes halogenated alkanes) is 1. The lowest BCUT2D eigenvalue weighted by molar-refractivity contribution is 0.211. The molecule has 0 rings (SSSR count). The van der Waals surface area contributed by atoms with E-state index in [-0.39, 0.29) is 0 Å². The Kier molecular flexibility index (Phi) is 17.8. The highest BCUT2D eigenvalue weighted by molar-refractivity contribution is 5.18. The Morgan fingerprint density at radius 2 is 1.58 bits per heavy atom. The molecule has 0 bridgehead atoms. The summed E-state index contributed by atoms with van der Waals surface area (Å²) in [7, 11) is 0. The van der Waals surface area contributed by atoms with E-state index in [4.69, 9.17) is 4.74 Å². The molecule has 0 radical (unpaired) electrons. The monoisotopic (exact) mass is 354 g/mol. The zero-order valence-electron chi connectivity index (χ0n) is 17.2. The maximum atomic E-state index is 5.85. The Balaban J connectivity index is 4.03. The molecule has 1 nitrogen and oxygen atoms in total. The van der Waals surface area contributed by atoms with Crippen LogP contribution >= 0.6 is 0 Å². The molecule has 0 amide bonds. The fourth-order valence-corrected chi connectivity index (χ4v) is 2.11. The summed E-state index contributed by atoms with van der Waals surface area (Å²) in [5.74, 6) is 1.42. The van der Waals surface area contributed by atoms with Gasteiger partial charge in [-0.25, -0.2) is 0 Å². The van der Waals surface area contributed by atoms with E-state index in [1.54, 1.807) is 0 Å². The maximum absolute atomic E-state index is 5.85. The summed E-state index contributed by atoms with van der Waals surface area (Å²) in [5, 5.41) is 0. The summed E-state index contributed by atoms with van der Waals surface area (Å²) in [6.45, 7) is 9.26. The molecule has 0 aromatic heterocycles. The van der Waals surface area contributed by atoms with Crippen LogP contribution in [0.5, 0.6) is 0 Å². The quantitative estimate of drug-likeness (QED) is 0.133. The molecule has 0 aliphatic heterocycles. The van der Waals surface area contributed by atoms with E-state index in [1.165, 1.54) is 0 Å². The van der Waals surface area contributed by atoms with Crippen molar-refractivity contribution >= 4 is 0 Å². The molecule has 1 heteroatoms. The van der Waals surface area contributed by atoms with E-state index < -0.39 is 0 Å². The minimum atomic E-state index is 0.501. The third-order valence-electron chi connectivity index (χ3n) is 3.62. The van der Waals surface area contributed by atoms with Crippen LogP contribution < -0.4 is 0 Å². The largest absolute Gasteiger partial charge is 0.494 e. The van der Waals surface area contributed by atoms with Crippen LogP contribution in [0.15, 0.2) is 84.7 Å². The van der Waals surface area contributed by atoms with Crippen LogP contribution in [0.4, 0.5) is 0 Å². The normalized spacial score (nSPS) is 15.0. The lowest BCUT2D eigenvalue weighted by Gasteiger charge is -2.09. The molecule has 0 fully saturated rings. The van der Waals surface area contributed by atoms with Gasteiger partial charge < -0.3 is 4.74 Å². The van der Waals surface area contributed by atoms with Crippen molar-refractivity contribution in [3.05, 3.63) is 84.7 Å². The van der Waals surface area contributed by atoms with Crippen LogP contribution in [0, 0.1) is 5.92 Å². The molecule has 0 spiro atoms. The van der Waals surface area contributed by atoms with Gasteiger partial charge in [-0.15, -0.1) is 0 Å². The van der Waals surface area contributed by atoms with Crippen molar-refractivity contribution < 1.29 is 4.74 Å². The van der Waals surface area contributed by atoms with Gasteiger partial charge in [0, 0.05) is 0 Å². The van der Waals surface area contributed by atoms with Gasteiger partial charge in [0.05, 0.1) is 6.61 Å². The highest BCUT2D eigenvalue weighted by Gasteiger charge is 1.98. The first kappa shape index (κ1) is 24.0. The van der Waals surface area contributed by atoms with Gasteiger partial charge in [-0.1, -0.05) is 87.6 Å². The van der Waals surface area contributed by atoms with Crippen molar-refractivity contribution in [1.29, 1.82) is 0 Å². The molecular formula is C25H38O. The molecule has 0 heterocycles. The molecular weight excluding hydrogens is 316 g/mol. The van der Waals surface area contributed by atoms with E-state index in [9.17, 15) is 0 Å². The topological polar surface area (TPSA) is 9.23 Å². The smallest absolute Gasteiger partial charge is 0.118 e. The Labute approximate surface area is 162 Å². The van der Waals surface area contributed by atoms with Gasteiger partial charge in [0.15, 0.2) is 0 Å². The molecule has 0 aliphatic carbocycles. The summed E-state index contributed by atoms with van der Waals surface area (Å²) >= 11 is 0. The summed E-state index contributed by atoms with van der Waals surface area (Å²) in [6, 6.07) is 0. The van der Waals surface area contributed by atoms with E-state index in [0.29, 0.717) is 5.92 Å². The van der Waals surface area contributed by atoms with Crippen LogP contribution in [0.1, 0.15) is 59.8 Å². The van der Waals surface area contributed by atoms with Crippen LogP contribution in [0.3, 0.4) is 0 Å². The molecule has 0 aliphatic rings. The SMILES string of the molecule is C\C=C/C(=C\C=C\CC)OCCC(C)/C=C/C=C\C=C\CC/C=C\CC. The molecule has 0 saturated carbocycles. The van der Waals surface area contributed by atoms with Gasteiger partial charge in [0.2, 0.25) is 0 Å². The zero-order chi connectivity index (χ0) is 19.3. The predicted molar refractivity (Wildman–Crippen MR) is 118 cm³/mol. The average molecular weight is 355 g/mol. The summed E-state index contributed by atoms with van der Waals surface area (Å²) in [4.78, 5) is 0. The molecule has 144 valence electrons. The second-order valence-corrected chi connectivity index (χ2v) is 6.17. The Hall–Kier alpha value is -2.02. The van der Waals surface area contributed by atoms with Gasteiger partial charge in [-0.3, -0.25) is 0 Å². The first-order valence-electron chi connectivity index (χ1n) is 10.0. The van der Waals surface area contributed by atoms with Crippen LogP contribution in [-0.2, 0) is 4.74 Å². The van der Waals surface area contributed by atoms with Crippen molar-refractivity contribution in [1.82, 2.24) is 0 Å². The fourth-order valence-electron chi connectivity index (χ4n) is 2.11. The van der Waals surface area contributed by atoms with Crippen LogP contribution in [-0.4, -0.2) is 6.61 Å². The van der Waals surface area contributed by atoms with Crippen molar-refractivity contribution in [2.45, 2.75) is 59.8 Å². The molecule has 26 heavy (non-hydrogen) atoms. The van der Waals surface area contributed by atoms with Gasteiger partial charge >= 0.3 is 0 Å². The number of ether oxygens (including phenoxy) is 1. The highest BCUT2D eigenvalue weighted by atomic mass is 16.5. The molecule has 0 aromatic rings. The van der Waals surface area contributed by atoms with Crippen molar-refractivity contribution in [3.8, 4) is 0 Å². The Morgan fingerprint density at radius 1 is 0.846 bits per heavy atom. The third kappa shape index (κ3) is 16.8. The zero-order valence-corrected chi connectivity index (χ0v) is 17.2. The predicted octanol–water partition coefficient (Wildman–Crippen LogP) is 7.87. The van der Waals surface area contributed by atoms with Crippen LogP contribution in [0.2, 0.25) is 0 Å². The standard InChI is InChI=1S/C25H38O/c1-5-8-10-11-12-13-14-15-16-18-20-24(4)22-23-26-25(19-7-3)21-17-9-6-2/h7-10,13-21,24H,5-6,11-12,22-23H2,1-4H3/b10-8-,14-13+,16-15-,17-9+,19-7-,20-18+,25-21+. The second kappa shape index (κ2) is 19.3. The first-order chi connectivity index (χ1) is 12.7. The van der Waals surface area contributed by atoms with Gasteiger partial charge in [-0.2, -0.15) is 0 Å². The van der Waals surface area contributed by atoms with Crippen molar-refractivity contribution in [2.75, 3.05) is 6.61 Å². The average Bonchev–Trinajstić information content (AvgIpc) is 2.63.